The number of nitrogens with one attached hydrogen (secondary N) is 1. The van der Waals surface area contributed by atoms with Crippen LogP contribution >= 0.6 is 31.9 Å². The molecule has 11 heteroatoms. The molecule has 3 aromatic rings. The van der Waals surface area contributed by atoms with Gasteiger partial charge in [-0.3, -0.25) is 19.6 Å². The molecule has 1 N–H and O–H groups in total. The van der Waals surface area contributed by atoms with E-state index in [4.69, 9.17) is 4.74 Å². The summed E-state index contributed by atoms with van der Waals surface area (Å²) in [7, 11) is 1.51. The maximum Gasteiger partial charge on any atom is 0.320 e. The van der Waals surface area contributed by atoms with Crippen molar-refractivity contribution in [2.24, 2.45) is 5.10 Å². The Morgan fingerprint density at radius 3 is 2.77 bits per heavy atom. The molecule has 154 valence electrons. The number of nitrogens with zero attached hydrogens (tertiary/aromatic N) is 4. The van der Waals surface area contributed by atoms with E-state index in [-0.39, 0.29) is 12.2 Å². The highest BCUT2D eigenvalue weighted by atomic mass is 79.9. The molecule has 0 aliphatic heterocycles. The maximum atomic E-state index is 12.4. The Labute approximate surface area is 188 Å². The minimum absolute atomic E-state index is 0.270. The quantitative estimate of drug-likeness (QED) is 0.277. The molecule has 0 spiro atoms. The summed E-state index contributed by atoms with van der Waals surface area (Å²) in [4.78, 5) is 23.2. The molecule has 1 heterocycles. The van der Waals surface area contributed by atoms with Gasteiger partial charge in [-0.2, -0.15) is 10.2 Å². The molecule has 1 aromatic heterocycles. The number of hydrazone groups is 1. The zero-order valence-electron chi connectivity index (χ0n) is 15.6. The monoisotopic (exact) mass is 535 g/mol. The molecule has 0 unspecified atom stereocenters. The summed E-state index contributed by atoms with van der Waals surface area (Å²) in [6.07, 6.45) is 2.60. The molecular formula is C19H15Br2N5O4. The SMILES string of the molecule is COc1ccc(Br)cc1C=NNC(=O)c1nn(Cc2cccc(Br)c2)cc1[N+](=O)[O-]. The van der Waals surface area contributed by atoms with Crippen LogP contribution in [0.4, 0.5) is 5.69 Å². The number of hydrogen-bond acceptors (Lipinski definition) is 6. The van der Waals surface area contributed by atoms with Gasteiger partial charge in [0.25, 0.3) is 5.91 Å². The van der Waals surface area contributed by atoms with Crippen LogP contribution in [0.25, 0.3) is 0 Å². The molecule has 0 radical (unpaired) electrons. The van der Waals surface area contributed by atoms with E-state index in [9.17, 15) is 14.9 Å². The number of hydrogen-bond donors (Lipinski definition) is 1. The third kappa shape index (κ3) is 5.30. The highest BCUT2D eigenvalue weighted by Crippen LogP contribution is 2.22. The number of methoxy groups -OCH3 is 1. The lowest BCUT2D eigenvalue weighted by Gasteiger charge is -2.04. The first-order valence-electron chi connectivity index (χ1n) is 8.50. The number of benzene rings is 2. The van der Waals surface area contributed by atoms with Gasteiger partial charge in [-0.25, -0.2) is 5.43 Å². The summed E-state index contributed by atoms with van der Waals surface area (Å²) >= 11 is 6.72. The maximum absolute atomic E-state index is 12.4. The normalized spacial score (nSPS) is 10.9. The fourth-order valence-electron chi connectivity index (χ4n) is 2.63. The van der Waals surface area contributed by atoms with Crippen LogP contribution in [0.2, 0.25) is 0 Å². The van der Waals surface area contributed by atoms with Gasteiger partial charge in [-0.05, 0) is 35.9 Å². The molecule has 0 aliphatic rings. The standard InChI is InChI=1S/C19H15Br2N5O4/c1-30-17-6-5-15(21)8-13(17)9-22-23-19(27)18-16(26(28)29)11-25(24-18)10-12-3-2-4-14(20)7-12/h2-9,11H,10H2,1H3,(H,23,27). The van der Waals surface area contributed by atoms with E-state index in [1.54, 1.807) is 18.2 Å². The number of aromatic nitrogens is 2. The molecule has 0 saturated carbocycles. The van der Waals surface area contributed by atoms with Crippen LogP contribution < -0.4 is 10.2 Å². The molecule has 2 aromatic carbocycles. The van der Waals surface area contributed by atoms with Crippen molar-refractivity contribution in [3.63, 3.8) is 0 Å². The van der Waals surface area contributed by atoms with Crippen LogP contribution in [0.1, 0.15) is 21.6 Å². The zero-order chi connectivity index (χ0) is 21.7. The average Bonchev–Trinajstić information content (AvgIpc) is 3.12. The Morgan fingerprint density at radius 1 is 1.30 bits per heavy atom. The molecule has 0 bridgehead atoms. The molecule has 9 nitrogen and oxygen atoms in total. The highest BCUT2D eigenvalue weighted by molar-refractivity contribution is 9.10. The predicted octanol–water partition coefficient (Wildman–Crippen LogP) is 4.14. The lowest BCUT2D eigenvalue weighted by Crippen LogP contribution is -2.19. The van der Waals surface area contributed by atoms with Gasteiger partial charge in [-0.15, -0.1) is 0 Å². The molecule has 0 atom stereocenters. The van der Waals surface area contributed by atoms with Crippen molar-refractivity contribution in [3.05, 3.63) is 84.5 Å². The van der Waals surface area contributed by atoms with E-state index in [1.165, 1.54) is 24.2 Å². The lowest BCUT2D eigenvalue weighted by molar-refractivity contribution is -0.385. The van der Waals surface area contributed by atoms with E-state index in [0.29, 0.717) is 11.3 Å². The lowest BCUT2D eigenvalue weighted by atomic mass is 10.2. The van der Waals surface area contributed by atoms with Crippen molar-refractivity contribution in [1.29, 1.82) is 0 Å². The van der Waals surface area contributed by atoms with Crippen molar-refractivity contribution in [1.82, 2.24) is 15.2 Å². The van der Waals surface area contributed by atoms with Gasteiger partial charge in [0.1, 0.15) is 11.9 Å². The summed E-state index contributed by atoms with van der Waals surface area (Å²) in [6.45, 7) is 0.270. The Hall–Kier alpha value is -3.05. The second-order valence-corrected chi connectivity index (χ2v) is 7.86. The zero-order valence-corrected chi connectivity index (χ0v) is 18.8. The Bertz CT molecular complexity index is 1130. The number of halogens is 2. The summed E-state index contributed by atoms with van der Waals surface area (Å²) in [5, 5.41) is 19.3. The largest absolute Gasteiger partial charge is 0.496 e. The minimum atomic E-state index is -0.792. The predicted molar refractivity (Wildman–Crippen MR) is 118 cm³/mol. The third-order valence-corrected chi connectivity index (χ3v) is 4.94. The van der Waals surface area contributed by atoms with E-state index >= 15 is 0 Å². The van der Waals surface area contributed by atoms with Crippen molar-refractivity contribution in [2.45, 2.75) is 6.54 Å². The van der Waals surface area contributed by atoms with Gasteiger partial charge in [-0.1, -0.05) is 44.0 Å². The van der Waals surface area contributed by atoms with Crippen LogP contribution in [-0.4, -0.2) is 33.9 Å². The Balaban J connectivity index is 1.79. The van der Waals surface area contributed by atoms with E-state index in [1.807, 2.05) is 24.3 Å². The van der Waals surface area contributed by atoms with Crippen molar-refractivity contribution < 1.29 is 14.5 Å². The van der Waals surface area contributed by atoms with E-state index < -0.39 is 16.5 Å². The molecule has 3 rings (SSSR count). The summed E-state index contributed by atoms with van der Waals surface area (Å²) in [6, 6.07) is 12.7. The first kappa shape index (κ1) is 21.7. The van der Waals surface area contributed by atoms with Crippen LogP contribution in [-0.2, 0) is 6.54 Å². The van der Waals surface area contributed by atoms with Crippen molar-refractivity contribution in [3.8, 4) is 5.75 Å². The topological polar surface area (TPSA) is 112 Å². The fourth-order valence-corrected chi connectivity index (χ4v) is 3.45. The number of nitro groups is 1. The van der Waals surface area contributed by atoms with Crippen LogP contribution in [0.5, 0.6) is 5.75 Å². The molecule has 0 fully saturated rings. The fraction of sp³-hybridized carbons (Fsp3) is 0.105. The number of carbonyl (C=O) groups excluding carboxylic acids is 1. The minimum Gasteiger partial charge on any atom is -0.496 e. The molecule has 30 heavy (non-hydrogen) atoms. The summed E-state index contributed by atoms with van der Waals surface area (Å²) in [5.41, 5.74) is 3.02. The average molecular weight is 537 g/mol. The number of rotatable bonds is 7. The molecular weight excluding hydrogens is 522 g/mol. The van der Waals surface area contributed by atoms with E-state index in [0.717, 1.165) is 14.5 Å². The van der Waals surface area contributed by atoms with Gasteiger partial charge < -0.3 is 4.74 Å². The van der Waals surface area contributed by atoms with E-state index in [2.05, 4.69) is 47.5 Å². The van der Waals surface area contributed by atoms with Gasteiger partial charge >= 0.3 is 5.69 Å². The Morgan fingerprint density at radius 2 is 2.07 bits per heavy atom. The first-order valence-corrected chi connectivity index (χ1v) is 10.1. The van der Waals surface area contributed by atoms with Crippen LogP contribution in [0, 0.1) is 10.1 Å². The number of ether oxygens (including phenoxy) is 1. The van der Waals surface area contributed by atoms with Crippen molar-refractivity contribution in [2.75, 3.05) is 7.11 Å². The Kier molecular flexibility index (Phi) is 6.95. The number of amides is 1. The molecule has 0 aliphatic carbocycles. The number of carbonyl (C=O) groups is 1. The van der Waals surface area contributed by atoms with Crippen LogP contribution in [0.3, 0.4) is 0 Å². The molecule has 0 saturated heterocycles. The van der Waals surface area contributed by atoms with Crippen LogP contribution in [0.15, 0.2) is 62.7 Å². The summed E-state index contributed by atoms with van der Waals surface area (Å²) in [5.74, 6) is -0.236. The second kappa shape index (κ2) is 9.63. The van der Waals surface area contributed by atoms with Gasteiger partial charge in [0.15, 0.2) is 0 Å². The van der Waals surface area contributed by atoms with Gasteiger partial charge in [0.05, 0.1) is 24.8 Å². The highest BCUT2D eigenvalue weighted by Gasteiger charge is 2.25. The third-order valence-electron chi connectivity index (χ3n) is 3.95. The van der Waals surface area contributed by atoms with Gasteiger partial charge in [0, 0.05) is 14.5 Å². The summed E-state index contributed by atoms with van der Waals surface area (Å²) < 4.78 is 8.25. The smallest absolute Gasteiger partial charge is 0.320 e. The van der Waals surface area contributed by atoms with Crippen molar-refractivity contribution >= 4 is 49.7 Å². The first-order chi connectivity index (χ1) is 14.4. The van der Waals surface area contributed by atoms with Gasteiger partial charge in [0.2, 0.25) is 5.69 Å². The second-order valence-electron chi connectivity index (χ2n) is 6.03. The molecule has 1 amide bonds.